The van der Waals surface area contributed by atoms with E-state index in [0.29, 0.717) is 22.5 Å². The van der Waals surface area contributed by atoms with E-state index in [4.69, 9.17) is 9.47 Å². The number of amides is 2. The summed E-state index contributed by atoms with van der Waals surface area (Å²) in [5.74, 6) is 0.842. The zero-order valence-electron chi connectivity index (χ0n) is 18.6. The molecule has 4 aromatic carbocycles. The van der Waals surface area contributed by atoms with Crippen LogP contribution in [0.1, 0.15) is 11.1 Å². The van der Waals surface area contributed by atoms with E-state index in [1.807, 2.05) is 72.8 Å². The first-order valence-corrected chi connectivity index (χ1v) is 10.9. The maximum atomic E-state index is 13.2. The molecule has 2 aliphatic rings. The highest BCUT2D eigenvalue weighted by Crippen LogP contribution is 2.42. The fraction of sp³-hybridized carbons (Fsp3) is 0.0714. The van der Waals surface area contributed by atoms with Gasteiger partial charge >= 0.3 is 0 Å². The zero-order valence-corrected chi connectivity index (χ0v) is 18.6. The normalized spacial score (nSPS) is 15.1. The minimum Gasteiger partial charge on any atom is -0.496 e. The van der Waals surface area contributed by atoms with Crippen LogP contribution in [0.5, 0.6) is 11.5 Å². The lowest BCUT2D eigenvalue weighted by Crippen LogP contribution is -2.21. The molecule has 0 radical (unpaired) electrons. The van der Waals surface area contributed by atoms with Gasteiger partial charge in [0, 0.05) is 21.9 Å². The van der Waals surface area contributed by atoms with Crippen molar-refractivity contribution in [1.82, 2.24) is 10.6 Å². The molecule has 0 fully saturated rings. The number of hydrogen-bond acceptors (Lipinski definition) is 4. The second kappa shape index (κ2) is 7.49. The molecule has 0 aliphatic carbocycles. The lowest BCUT2D eigenvalue weighted by atomic mass is 9.96. The Morgan fingerprint density at radius 1 is 0.529 bits per heavy atom. The average Bonchev–Trinajstić information content (AvgIpc) is 3.40. The SMILES string of the molecule is COc1ccc(C2=C3C(=O)NC(c4ccc(OC)c5ccccc45)=C3C(=O)N2)c2ccccc12. The summed E-state index contributed by atoms with van der Waals surface area (Å²) in [6.45, 7) is 0. The molecule has 0 bridgehead atoms. The molecule has 0 saturated carbocycles. The Hall–Kier alpha value is -4.58. The van der Waals surface area contributed by atoms with Crippen LogP contribution < -0.4 is 20.1 Å². The van der Waals surface area contributed by atoms with Crippen LogP contribution in [0.4, 0.5) is 0 Å². The third-order valence-electron chi connectivity index (χ3n) is 6.43. The van der Waals surface area contributed by atoms with E-state index in [-0.39, 0.29) is 11.8 Å². The van der Waals surface area contributed by atoms with Crippen LogP contribution in [0.25, 0.3) is 32.9 Å². The molecule has 0 aromatic heterocycles. The van der Waals surface area contributed by atoms with Gasteiger partial charge in [0.1, 0.15) is 11.5 Å². The molecule has 0 saturated heterocycles. The van der Waals surface area contributed by atoms with Gasteiger partial charge in [-0.1, -0.05) is 48.5 Å². The van der Waals surface area contributed by atoms with Crippen LogP contribution in [-0.2, 0) is 9.59 Å². The van der Waals surface area contributed by atoms with Gasteiger partial charge in [0.05, 0.1) is 36.8 Å². The zero-order chi connectivity index (χ0) is 23.4. The van der Waals surface area contributed by atoms with E-state index < -0.39 is 0 Å². The second-order valence-electron chi connectivity index (χ2n) is 8.13. The Kier molecular flexibility index (Phi) is 4.42. The van der Waals surface area contributed by atoms with Crippen LogP contribution in [0, 0.1) is 0 Å². The monoisotopic (exact) mass is 448 g/mol. The van der Waals surface area contributed by atoms with Crippen molar-refractivity contribution in [2.45, 2.75) is 0 Å². The van der Waals surface area contributed by atoms with Crippen molar-refractivity contribution in [2.24, 2.45) is 0 Å². The molecule has 0 atom stereocenters. The number of hydrogen-bond donors (Lipinski definition) is 2. The molecule has 2 heterocycles. The van der Waals surface area contributed by atoms with Gasteiger partial charge in [0.2, 0.25) is 0 Å². The Morgan fingerprint density at radius 3 is 1.29 bits per heavy atom. The summed E-state index contributed by atoms with van der Waals surface area (Å²) in [7, 11) is 3.24. The van der Waals surface area contributed by atoms with Gasteiger partial charge in [-0.2, -0.15) is 0 Å². The summed E-state index contributed by atoms with van der Waals surface area (Å²) < 4.78 is 11.0. The van der Waals surface area contributed by atoms with E-state index in [1.165, 1.54) is 0 Å². The number of fused-ring (bicyclic) bond motifs is 3. The van der Waals surface area contributed by atoms with Crippen molar-refractivity contribution in [3.05, 3.63) is 95.1 Å². The topological polar surface area (TPSA) is 76.7 Å². The van der Waals surface area contributed by atoms with E-state index in [0.717, 1.165) is 44.2 Å². The second-order valence-corrected chi connectivity index (χ2v) is 8.13. The molecule has 0 unspecified atom stereocenters. The number of methoxy groups -OCH3 is 2. The van der Waals surface area contributed by atoms with Crippen molar-refractivity contribution < 1.29 is 19.1 Å². The van der Waals surface area contributed by atoms with Crippen molar-refractivity contribution in [3.8, 4) is 11.5 Å². The molecule has 2 N–H and O–H groups in total. The molecule has 4 aromatic rings. The largest absolute Gasteiger partial charge is 0.496 e. The number of ether oxygens (including phenoxy) is 2. The molecule has 34 heavy (non-hydrogen) atoms. The van der Waals surface area contributed by atoms with Crippen LogP contribution in [0.3, 0.4) is 0 Å². The summed E-state index contributed by atoms with van der Waals surface area (Å²) in [6.07, 6.45) is 0. The fourth-order valence-corrected chi connectivity index (χ4v) is 4.92. The summed E-state index contributed by atoms with van der Waals surface area (Å²) in [5.41, 5.74) is 3.26. The van der Waals surface area contributed by atoms with Crippen molar-refractivity contribution >= 4 is 44.8 Å². The number of rotatable bonds is 4. The molecule has 166 valence electrons. The lowest BCUT2D eigenvalue weighted by molar-refractivity contribution is -0.117. The number of carbonyl (C=O) groups is 2. The highest BCUT2D eigenvalue weighted by Gasteiger charge is 2.41. The van der Waals surface area contributed by atoms with Crippen LogP contribution in [-0.4, -0.2) is 26.0 Å². The van der Waals surface area contributed by atoms with Gasteiger partial charge in [0.15, 0.2) is 0 Å². The highest BCUT2D eigenvalue weighted by molar-refractivity contribution is 6.31. The fourth-order valence-electron chi connectivity index (χ4n) is 4.92. The van der Waals surface area contributed by atoms with Crippen LogP contribution in [0.15, 0.2) is 83.9 Å². The van der Waals surface area contributed by atoms with Crippen molar-refractivity contribution in [3.63, 3.8) is 0 Å². The molecule has 2 amide bonds. The predicted octanol–water partition coefficient (Wildman–Crippen LogP) is 4.39. The van der Waals surface area contributed by atoms with Gasteiger partial charge in [-0.05, 0) is 35.0 Å². The first-order chi connectivity index (χ1) is 16.6. The quantitative estimate of drug-likeness (QED) is 0.486. The average molecular weight is 448 g/mol. The third-order valence-corrected chi connectivity index (χ3v) is 6.43. The summed E-state index contributed by atoms with van der Waals surface area (Å²) in [5, 5.41) is 9.51. The Morgan fingerprint density at radius 2 is 0.912 bits per heavy atom. The lowest BCUT2D eigenvalue weighted by Gasteiger charge is -2.13. The minimum absolute atomic E-state index is 0.307. The molecule has 6 heteroatoms. The third kappa shape index (κ3) is 2.75. The van der Waals surface area contributed by atoms with E-state index in [9.17, 15) is 9.59 Å². The number of carbonyl (C=O) groups excluding carboxylic acids is 2. The first-order valence-electron chi connectivity index (χ1n) is 10.9. The highest BCUT2D eigenvalue weighted by atomic mass is 16.5. The molecule has 6 nitrogen and oxygen atoms in total. The Balaban J connectivity index is 1.61. The molecular formula is C28H20N2O4. The molecule has 2 aliphatic heterocycles. The summed E-state index contributed by atoms with van der Waals surface area (Å²) in [6, 6.07) is 23.0. The van der Waals surface area contributed by atoms with Gasteiger partial charge in [-0.25, -0.2) is 0 Å². The van der Waals surface area contributed by atoms with E-state index in [1.54, 1.807) is 14.2 Å². The van der Waals surface area contributed by atoms with Gasteiger partial charge < -0.3 is 20.1 Å². The van der Waals surface area contributed by atoms with Crippen LogP contribution in [0.2, 0.25) is 0 Å². The smallest absolute Gasteiger partial charge is 0.258 e. The number of nitrogens with one attached hydrogen (secondary N) is 2. The Labute approximate surface area is 195 Å². The maximum absolute atomic E-state index is 13.2. The van der Waals surface area contributed by atoms with Crippen molar-refractivity contribution in [1.29, 1.82) is 0 Å². The summed E-state index contributed by atoms with van der Waals surface area (Å²) >= 11 is 0. The first kappa shape index (κ1) is 20.1. The van der Waals surface area contributed by atoms with Crippen molar-refractivity contribution in [2.75, 3.05) is 14.2 Å². The Bertz CT molecular complexity index is 1490. The van der Waals surface area contributed by atoms with Gasteiger partial charge in [-0.15, -0.1) is 0 Å². The maximum Gasteiger partial charge on any atom is 0.258 e. The molecule has 6 rings (SSSR count). The summed E-state index contributed by atoms with van der Waals surface area (Å²) in [4.78, 5) is 26.5. The van der Waals surface area contributed by atoms with Crippen LogP contribution >= 0.6 is 0 Å². The van der Waals surface area contributed by atoms with Gasteiger partial charge in [-0.3, -0.25) is 9.59 Å². The standard InChI is InChI=1S/C28H20N2O4/c1-33-21-13-11-19(15-7-3-5-9-17(15)21)25-23-24(28(32)29-25)26(30-27(23)31)20-12-14-22(34-2)18-10-6-4-8-16(18)20/h3-14H,1-2H3,(H,29,32)(H,30,31). The number of benzene rings is 4. The minimum atomic E-state index is -0.307. The predicted molar refractivity (Wildman–Crippen MR) is 131 cm³/mol. The van der Waals surface area contributed by atoms with E-state index in [2.05, 4.69) is 10.6 Å². The van der Waals surface area contributed by atoms with Gasteiger partial charge in [0.25, 0.3) is 11.8 Å². The molecule has 0 spiro atoms. The molecular weight excluding hydrogens is 428 g/mol. The van der Waals surface area contributed by atoms with E-state index >= 15 is 0 Å².